The van der Waals surface area contributed by atoms with E-state index in [9.17, 15) is 5.11 Å². The van der Waals surface area contributed by atoms with Crippen LogP contribution in [0.5, 0.6) is 11.5 Å². The van der Waals surface area contributed by atoms with Gasteiger partial charge in [0, 0.05) is 5.56 Å². The Bertz CT molecular complexity index is 360. The van der Waals surface area contributed by atoms with E-state index in [1.165, 1.54) is 0 Å². The Morgan fingerprint density at radius 2 is 2.00 bits per heavy atom. The van der Waals surface area contributed by atoms with Gasteiger partial charge in [0.15, 0.2) is 11.5 Å². The van der Waals surface area contributed by atoms with Gasteiger partial charge in [0.1, 0.15) is 13.2 Å². The third-order valence-corrected chi connectivity index (χ3v) is 2.65. The Labute approximate surface area is 96.0 Å². The van der Waals surface area contributed by atoms with Crippen molar-refractivity contribution in [2.24, 2.45) is 5.92 Å². The van der Waals surface area contributed by atoms with Crippen LogP contribution in [-0.2, 0) is 0 Å². The normalized spacial score (nSPS) is 16.2. The van der Waals surface area contributed by atoms with Crippen molar-refractivity contribution in [2.45, 2.75) is 26.4 Å². The molecular weight excluding hydrogens is 204 g/mol. The van der Waals surface area contributed by atoms with Crippen LogP contribution in [-0.4, -0.2) is 18.3 Å². The van der Waals surface area contributed by atoms with Gasteiger partial charge in [0.05, 0.1) is 6.10 Å². The Kier molecular flexibility index (Phi) is 3.34. The lowest BCUT2D eigenvalue weighted by Crippen LogP contribution is -2.17. The van der Waals surface area contributed by atoms with Crippen molar-refractivity contribution >= 4 is 0 Å². The number of aliphatic hydroxyl groups excluding tert-OH is 1. The maximum Gasteiger partial charge on any atom is 0.167 e. The van der Waals surface area contributed by atoms with Crippen LogP contribution in [0.4, 0.5) is 0 Å². The number of hydrogen-bond donors (Lipinski definition) is 1. The molecule has 3 heteroatoms. The SMILES string of the molecule is CC(C)CC(O)c1cccc2c1OCCO2. The number of hydrogen-bond acceptors (Lipinski definition) is 3. The molecule has 1 aliphatic heterocycles. The fourth-order valence-corrected chi connectivity index (χ4v) is 1.93. The van der Waals surface area contributed by atoms with Crippen LogP contribution < -0.4 is 9.47 Å². The van der Waals surface area contributed by atoms with Gasteiger partial charge in [-0.3, -0.25) is 0 Å². The summed E-state index contributed by atoms with van der Waals surface area (Å²) >= 11 is 0. The van der Waals surface area contributed by atoms with Crippen molar-refractivity contribution in [3.8, 4) is 11.5 Å². The first-order chi connectivity index (χ1) is 7.68. The lowest BCUT2D eigenvalue weighted by Gasteiger charge is -2.23. The molecule has 3 nitrogen and oxygen atoms in total. The van der Waals surface area contributed by atoms with Gasteiger partial charge in [-0.25, -0.2) is 0 Å². The molecule has 1 aliphatic rings. The van der Waals surface area contributed by atoms with Crippen molar-refractivity contribution in [2.75, 3.05) is 13.2 Å². The third kappa shape index (κ3) is 2.30. The zero-order valence-electron chi connectivity index (χ0n) is 9.77. The Hall–Kier alpha value is -1.22. The van der Waals surface area contributed by atoms with Crippen LogP contribution in [0.2, 0.25) is 0 Å². The Morgan fingerprint density at radius 1 is 1.25 bits per heavy atom. The second-order valence-corrected chi connectivity index (χ2v) is 4.52. The lowest BCUT2D eigenvalue weighted by atomic mass is 9.98. The summed E-state index contributed by atoms with van der Waals surface area (Å²) < 4.78 is 11.1. The molecule has 0 aromatic heterocycles. The summed E-state index contributed by atoms with van der Waals surface area (Å²) in [5.41, 5.74) is 0.839. The van der Waals surface area contributed by atoms with Crippen LogP contribution in [0.25, 0.3) is 0 Å². The summed E-state index contributed by atoms with van der Waals surface area (Å²) in [6.07, 6.45) is 0.261. The molecular formula is C13H18O3. The summed E-state index contributed by atoms with van der Waals surface area (Å²) in [6, 6.07) is 5.67. The second-order valence-electron chi connectivity index (χ2n) is 4.52. The maximum atomic E-state index is 10.1. The van der Waals surface area contributed by atoms with E-state index in [2.05, 4.69) is 13.8 Å². The molecule has 0 saturated carbocycles. The summed E-state index contributed by atoms with van der Waals surface area (Å²) in [7, 11) is 0. The molecule has 1 aromatic rings. The highest BCUT2D eigenvalue weighted by atomic mass is 16.6. The summed E-state index contributed by atoms with van der Waals surface area (Å²) in [4.78, 5) is 0. The predicted octanol–water partition coefficient (Wildman–Crippen LogP) is 2.54. The smallest absolute Gasteiger partial charge is 0.167 e. The van der Waals surface area contributed by atoms with Crippen LogP contribution in [0, 0.1) is 5.92 Å². The molecule has 0 bridgehead atoms. The largest absolute Gasteiger partial charge is 0.486 e. The topological polar surface area (TPSA) is 38.7 Å². The Morgan fingerprint density at radius 3 is 2.75 bits per heavy atom. The summed E-state index contributed by atoms with van der Waals surface area (Å²) in [5.74, 6) is 1.91. The molecule has 0 amide bonds. The molecule has 1 N–H and O–H groups in total. The van der Waals surface area contributed by atoms with E-state index in [4.69, 9.17) is 9.47 Å². The molecule has 1 aromatic carbocycles. The number of fused-ring (bicyclic) bond motifs is 1. The minimum atomic E-state index is -0.475. The van der Waals surface area contributed by atoms with E-state index in [0.29, 0.717) is 24.9 Å². The van der Waals surface area contributed by atoms with Crippen molar-refractivity contribution in [1.82, 2.24) is 0 Å². The molecule has 0 aliphatic carbocycles. The molecule has 1 heterocycles. The minimum Gasteiger partial charge on any atom is -0.486 e. The van der Waals surface area contributed by atoms with Gasteiger partial charge in [-0.05, 0) is 18.4 Å². The first-order valence-corrected chi connectivity index (χ1v) is 5.75. The van der Waals surface area contributed by atoms with E-state index in [-0.39, 0.29) is 0 Å². The molecule has 16 heavy (non-hydrogen) atoms. The van der Waals surface area contributed by atoms with Gasteiger partial charge >= 0.3 is 0 Å². The highest BCUT2D eigenvalue weighted by Crippen LogP contribution is 2.38. The monoisotopic (exact) mass is 222 g/mol. The number of rotatable bonds is 3. The fourth-order valence-electron chi connectivity index (χ4n) is 1.93. The van der Waals surface area contributed by atoms with E-state index in [1.807, 2.05) is 18.2 Å². The number of ether oxygens (including phenoxy) is 2. The van der Waals surface area contributed by atoms with Crippen LogP contribution in [0.1, 0.15) is 31.9 Å². The van der Waals surface area contributed by atoms with Crippen molar-refractivity contribution in [1.29, 1.82) is 0 Å². The maximum absolute atomic E-state index is 10.1. The number of benzene rings is 1. The van der Waals surface area contributed by atoms with Gasteiger partial charge in [0.25, 0.3) is 0 Å². The number of aliphatic hydroxyl groups is 1. The van der Waals surface area contributed by atoms with Gasteiger partial charge in [0.2, 0.25) is 0 Å². The van der Waals surface area contributed by atoms with Gasteiger partial charge < -0.3 is 14.6 Å². The van der Waals surface area contributed by atoms with E-state index >= 15 is 0 Å². The molecule has 88 valence electrons. The molecule has 1 atom stereocenters. The first-order valence-electron chi connectivity index (χ1n) is 5.75. The zero-order chi connectivity index (χ0) is 11.5. The van der Waals surface area contributed by atoms with E-state index in [0.717, 1.165) is 17.7 Å². The molecule has 2 rings (SSSR count). The van der Waals surface area contributed by atoms with Crippen LogP contribution >= 0.6 is 0 Å². The Balaban J connectivity index is 2.26. The minimum absolute atomic E-state index is 0.454. The summed E-state index contributed by atoms with van der Waals surface area (Å²) in [5, 5.41) is 10.1. The van der Waals surface area contributed by atoms with Crippen molar-refractivity contribution < 1.29 is 14.6 Å². The van der Waals surface area contributed by atoms with Gasteiger partial charge in [-0.2, -0.15) is 0 Å². The average Bonchev–Trinajstić information content (AvgIpc) is 2.27. The van der Waals surface area contributed by atoms with Gasteiger partial charge in [-0.15, -0.1) is 0 Å². The van der Waals surface area contributed by atoms with Gasteiger partial charge in [-0.1, -0.05) is 26.0 Å². The second kappa shape index (κ2) is 4.74. The van der Waals surface area contributed by atoms with Crippen molar-refractivity contribution in [3.05, 3.63) is 23.8 Å². The third-order valence-electron chi connectivity index (χ3n) is 2.65. The molecule has 1 unspecified atom stereocenters. The average molecular weight is 222 g/mol. The summed E-state index contributed by atoms with van der Waals surface area (Å²) in [6.45, 7) is 5.32. The van der Waals surface area contributed by atoms with E-state index in [1.54, 1.807) is 0 Å². The lowest BCUT2D eigenvalue weighted by molar-refractivity contribution is 0.131. The molecule has 0 radical (unpaired) electrons. The van der Waals surface area contributed by atoms with E-state index < -0.39 is 6.10 Å². The quantitative estimate of drug-likeness (QED) is 0.854. The molecule has 0 saturated heterocycles. The molecule has 0 fully saturated rings. The number of para-hydroxylation sites is 1. The highest BCUT2D eigenvalue weighted by molar-refractivity contribution is 5.48. The van der Waals surface area contributed by atoms with Crippen molar-refractivity contribution in [3.63, 3.8) is 0 Å². The molecule has 0 spiro atoms. The fraction of sp³-hybridized carbons (Fsp3) is 0.538. The first kappa shape index (κ1) is 11.3. The standard InChI is InChI=1S/C13H18O3/c1-9(2)8-11(14)10-4-3-5-12-13(10)16-7-6-15-12/h3-5,9,11,14H,6-8H2,1-2H3. The highest BCUT2D eigenvalue weighted by Gasteiger charge is 2.20. The zero-order valence-corrected chi connectivity index (χ0v) is 9.77. The van der Waals surface area contributed by atoms with Crippen LogP contribution in [0.3, 0.4) is 0 Å². The van der Waals surface area contributed by atoms with Crippen LogP contribution in [0.15, 0.2) is 18.2 Å². The predicted molar refractivity (Wildman–Crippen MR) is 61.8 cm³/mol.